The average molecular weight is 1070 g/mol. The smallest absolute Gasteiger partial charge is 0.251 e. The van der Waals surface area contributed by atoms with E-state index >= 15 is 0 Å². The topological polar surface area (TPSA) is 186 Å². The number of carbonyl (C=O) groups is 8. The SMILES string of the molecule is CC[C@@H](C)C(=O)N[C@H](C(=O)N1CCC[C@H]1CN(CCc1ccccc1)C(=O)CCNC(=O)c1ccc(C(=O)CCCC(=O)N(CCc2ccccc2)C[C@@H]2CCCN2C(=O)[C@@H](CC(=O)[C@H](C)NC)C(C)(C)C)cc1)C(C)(C)C. The first-order valence-corrected chi connectivity index (χ1v) is 28.7. The Hall–Kier alpha value is -6.22. The summed E-state index contributed by atoms with van der Waals surface area (Å²) in [6.45, 7) is 20.2. The van der Waals surface area contributed by atoms with Crippen LogP contribution in [-0.2, 0) is 41.6 Å². The second-order valence-corrected chi connectivity index (χ2v) is 23.9. The van der Waals surface area contributed by atoms with E-state index in [9.17, 15) is 38.4 Å². The molecule has 0 saturated carbocycles. The number of likely N-dealkylation sites (N-methyl/N-ethyl adjacent to an activating group) is 1. The van der Waals surface area contributed by atoms with Crippen LogP contribution in [0.5, 0.6) is 0 Å². The Bertz CT molecular complexity index is 2300. The molecule has 2 aliphatic heterocycles. The van der Waals surface area contributed by atoms with Crippen LogP contribution < -0.4 is 16.0 Å². The first kappa shape index (κ1) is 62.6. The van der Waals surface area contributed by atoms with Gasteiger partial charge in [0.1, 0.15) is 11.8 Å². The lowest BCUT2D eigenvalue weighted by Gasteiger charge is -2.37. The number of nitrogens with one attached hydrogen (secondary N) is 3. The minimum atomic E-state index is -0.718. The highest BCUT2D eigenvalue weighted by Crippen LogP contribution is 2.34. The summed E-state index contributed by atoms with van der Waals surface area (Å²) in [5.74, 6) is -1.84. The molecule has 2 aliphatic rings. The maximum atomic E-state index is 14.3. The van der Waals surface area contributed by atoms with Crippen LogP contribution in [0.2, 0.25) is 0 Å². The fourth-order valence-electron chi connectivity index (χ4n) is 10.4. The van der Waals surface area contributed by atoms with E-state index in [0.29, 0.717) is 76.1 Å². The molecule has 78 heavy (non-hydrogen) atoms. The monoisotopic (exact) mass is 1070 g/mol. The van der Waals surface area contributed by atoms with Crippen molar-refractivity contribution in [3.8, 4) is 0 Å². The van der Waals surface area contributed by atoms with Crippen molar-refractivity contribution in [3.05, 3.63) is 107 Å². The Morgan fingerprint density at radius 3 is 1.63 bits per heavy atom. The number of Topliss-reactive ketones (excluding diaryl/α,β-unsaturated/α-hetero) is 2. The van der Waals surface area contributed by atoms with Gasteiger partial charge in [0.15, 0.2) is 5.78 Å². The lowest BCUT2D eigenvalue weighted by Crippen LogP contribution is -2.57. The van der Waals surface area contributed by atoms with E-state index < -0.39 is 22.8 Å². The van der Waals surface area contributed by atoms with Crippen LogP contribution in [0.1, 0.15) is 158 Å². The molecule has 15 nitrogen and oxygen atoms in total. The van der Waals surface area contributed by atoms with Gasteiger partial charge in [-0.3, -0.25) is 38.4 Å². The van der Waals surface area contributed by atoms with Crippen LogP contribution >= 0.6 is 0 Å². The van der Waals surface area contributed by atoms with Gasteiger partial charge in [-0.25, -0.2) is 0 Å². The number of carbonyl (C=O) groups excluding carboxylic acids is 8. The van der Waals surface area contributed by atoms with E-state index in [0.717, 1.165) is 36.8 Å². The molecular formula is C63H91N7O8. The number of amides is 6. The zero-order chi connectivity index (χ0) is 57.2. The highest BCUT2D eigenvalue weighted by molar-refractivity contribution is 5.99. The fraction of sp³-hybridized carbons (Fsp3) is 0.587. The van der Waals surface area contributed by atoms with E-state index in [-0.39, 0.29) is 103 Å². The minimum Gasteiger partial charge on any atom is -0.352 e. The molecule has 3 N–H and O–H groups in total. The Kier molecular flexibility index (Phi) is 23.8. The fourth-order valence-corrected chi connectivity index (χ4v) is 10.4. The molecule has 0 spiro atoms. The molecule has 15 heteroatoms. The molecule has 0 aromatic heterocycles. The van der Waals surface area contributed by atoms with Gasteiger partial charge in [0.2, 0.25) is 29.5 Å². The normalized spacial score (nSPS) is 17.2. The van der Waals surface area contributed by atoms with Crippen molar-refractivity contribution >= 4 is 47.0 Å². The molecule has 3 aromatic carbocycles. The number of hydrogen-bond donors (Lipinski definition) is 3. The van der Waals surface area contributed by atoms with Crippen molar-refractivity contribution in [1.29, 1.82) is 0 Å². The standard InChI is InChI=1S/C63H91N7O8/c1-11-44(2)58(75)66-57(63(7,8)9)61(78)70-38-20-26-51(70)43-68(40-35-47-23-16-13-17-24-47)56(74)33-36-65-59(76)49-31-29-48(30-32-49)53(71)27-18-28-55(73)67(39-34-46-21-14-12-15-22-46)42-50-25-19-37-69(50)60(77)52(62(4,5)6)41-54(72)45(3)64-10/h12-17,21-24,29-32,44-45,50-52,57,64H,11,18-20,25-28,33-43H2,1-10H3,(H,65,76)(H,66,75)/t44-,45+,50+,51+,52-,57-/m1/s1. The predicted molar refractivity (Wildman–Crippen MR) is 306 cm³/mol. The summed E-state index contributed by atoms with van der Waals surface area (Å²) in [6, 6.07) is 24.8. The number of likely N-dealkylation sites (tertiary alicyclic amines) is 2. The van der Waals surface area contributed by atoms with Gasteiger partial charge in [-0.15, -0.1) is 0 Å². The van der Waals surface area contributed by atoms with Gasteiger partial charge in [0.25, 0.3) is 5.91 Å². The molecule has 0 radical (unpaired) electrons. The third kappa shape index (κ3) is 18.4. The molecule has 2 heterocycles. The van der Waals surface area contributed by atoms with E-state index in [4.69, 9.17) is 0 Å². The first-order valence-electron chi connectivity index (χ1n) is 28.7. The molecule has 6 amide bonds. The van der Waals surface area contributed by atoms with Crippen molar-refractivity contribution in [2.24, 2.45) is 22.7 Å². The zero-order valence-electron chi connectivity index (χ0n) is 48.5. The quantitative estimate of drug-likeness (QED) is 0.0605. The van der Waals surface area contributed by atoms with Gasteiger partial charge in [-0.2, -0.15) is 0 Å². The minimum absolute atomic E-state index is 0.00652. The van der Waals surface area contributed by atoms with Crippen molar-refractivity contribution in [2.75, 3.05) is 52.9 Å². The number of ketones is 2. The summed E-state index contributed by atoms with van der Waals surface area (Å²) in [4.78, 5) is 117. The van der Waals surface area contributed by atoms with Crippen LogP contribution in [0, 0.1) is 22.7 Å². The van der Waals surface area contributed by atoms with Gasteiger partial charge in [0, 0.05) is 107 Å². The van der Waals surface area contributed by atoms with Gasteiger partial charge < -0.3 is 35.6 Å². The van der Waals surface area contributed by atoms with E-state index in [1.807, 2.05) is 138 Å². The molecule has 5 rings (SSSR count). The Labute approximate surface area is 465 Å². The Balaban J connectivity index is 1.16. The van der Waals surface area contributed by atoms with Crippen LogP contribution in [0.4, 0.5) is 0 Å². The van der Waals surface area contributed by atoms with Crippen LogP contribution in [0.3, 0.4) is 0 Å². The molecule has 3 aromatic rings. The average Bonchev–Trinajstić information content (AvgIpc) is 4.11. The highest BCUT2D eigenvalue weighted by Gasteiger charge is 2.42. The van der Waals surface area contributed by atoms with Gasteiger partial charge >= 0.3 is 0 Å². The summed E-state index contributed by atoms with van der Waals surface area (Å²) in [5.41, 5.74) is 1.96. The summed E-state index contributed by atoms with van der Waals surface area (Å²) in [6.07, 6.45) is 5.79. The van der Waals surface area contributed by atoms with Crippen molar-refractivity contribution in [2.45, 2.75) is 164 Å². The summed E-state index contributed by atoms with van der Waals surface area (Å²) in [5, 5.41) is 8.92. The summed E-state index contributed by atoms with van der Waals surface area (Å²) in [7, 11) is 1.74. The highest BCUT2D eigenvalue weighted by atomic mass is 16.2. The number of rotatable bonds is 28. The molecule has 426 valence electrons. The van der Waals surface area contributed by atoms with Crippen molar-refractivity contribution in [1.82, 2.24) is 35.6 Å². The second-order valence-electron chi connectivity index (χ2n) is 23.9. The van der Waals surface area contributed by atoms with Gasteiger partial charge in [-0.1, -0.05) is 128 Å². The zero-order valence-corrected chi connectivity index (χ0v) is 48.5. The molecule has 0 bridgehead atoms. The lowest BCUT2D eigenvalue weighted by molar-refractivity contribution is -0.144. The molecule has 2 fully saturated rings. The largest absolute Gasteiger partial charge is 0.352 e. The number of benzene rings is 3. The number of nitrogens with zero attached hydrogens (tertiary/aromatic N) is 4. The van der Waals surface area contributed by atoms with Gasteiger partial charge in [-0.05, 0) is 99.4 Å². The maximum absolute atomic E-state index is 14.3. The molecular weight excluding hydrogens is 983 g/mol. The van der Waals surface area contributed by atoms with E-state index in [1.165, 1.54) is 0 Å². The van der Waals surface area contributed by atoms with E-state index in [1.54, 1.807) is 36.2 Å². The molecule has 0 unspecified atom stereocenters. The lowest BCUT2D eigenvalue weighted by atomic mass is 9.76. The molecule has 2 saturated heterocycles. The van der Waals surface area contributed by atoms with E-state index in [2.05, 4.69) is 16.0 Å². The molecule has 0 aliphatic carbocycles. The Morgan fingerprint density at radius 1 is 0.641 bits per heavy atom. The van der Waals surface area contributed by atoms with Crippen molar-refractivity contribution < 1.29 is 38.4 Å². The predicted octanol–water partition coefficient (Wildman–Crippen LogP) is 8.09. The third-order valence-electron chi connectivity index (χ3n) is 15.9. The first-order chi connectivity index (χ1) is 37.0. The van der Waals surface area contributed by atoms with Crippen LogP contribution in [-0.4, -0.2) is 144 Å². The second kappa shape index (κ2) is 29.7. The number of hydrogen-bond acceptors (Lipinski definition) is 9. The summed E-state index contributed by atoms with van der Waals surface area (Å²) >= 11 is 0. The maximum Gasteiger partial charge on any atom is 0.251 e. The molecule has 6 atom stereocenters. The van der Waals surface area contributed by atoms with Gasteiger partial charge in [0.05, 0.1) is 6.04 Å². The van der Waals surface area contributed by atoms with Crippen LogP contribution in [0.25, 0.3) is 0 Å². The summed E-state index contributed by atoms with van der Waals surface area (Å²) < 4.78 is 0. The Morgan fingerprint density at radius 2 is 1.14 bits per heavy atom. The van der Waals surface area contributed by atoms with Crippen LogP contribution in [0.15, 0.2) is 84.9 Å². The van der Waals surface area contributed by atoms with Crippen molar-refractivity contribution in [3.63, 3.8) is 0 Å². The third-order valence-corrected chi connectivity index (χ3v) is 15.9.